The van der Waals surface area contributed by atoms with Gasteiger partial charge >= 0.3 is 0 Å². The number of hydrogen-bond donors (Lipinski definition) is 3. The molecule has 2 rings (SSSR count). The fourth-order valence-electron chi connectivity index (χ4n) is 1.61. The maximum Gasteiger partial charge on any atom is 0.265 e. The van der Waals surface area contributed by atoms with Gasteiger partial charge in [0, 0.05) is 19.0 Å². The summed E-state index contributed by atoms with van der Waals surface area (Å²) in [4.78, 5) is 8.41. The number of aromatic nitrogens is 2. The molecule has 0 fully saturated rings. The van der Waals surface area contributed by atoms with Crippen molar-refractivity contribution in [1.29, 1.82) is 0 Å². The molecule has 5 nitrogen and oxygen atoms in total. The molecule has 0 radical (unpaired) electrons. The summed E-state index contributed by atoms with van der Waals surface area (Å²) in [6.07, 6.45) is -4.52. The molecule has 1 atom stereocenters. The Bertz CT molecular complexity index is 564. The van der Waals surface area contributed by atoms with Gasteiger partial charge in [0.05, 0.1) is 5.52 Å². The summed E-state index contributed by atoms with van der Waals surface area (Å²) >= 11 is 0. The van der Waals surface area contributed by atoms with Gasteiger partial charge in [-0.3, -0.25) is 0 Å². The highest BCUT2D eigenvalue weighted by Gasteiger charge is 2.17. The third kappa shape index (κ3) is 3.05. The molecule has 7 heteroatoms. The number of nitrogens with one attached hydrogen (secondary N) is 2. The summed E-state index contributed by atoms with van der Waals surface area (Å²) in [5.41, 5.74) is 0.691. The van der Waals surface area contributed by atoms with Crippen LogP contribution in [-0.4, -0.2) is 41.2 Å². The third-order valence-electron chi connectivity index (χ3n) is 2.60. The van der Waals surface area contributed by atoms with Crippen LogP contribution in [0.25, 0.3) is 10.9 Å². The maximum absolute atomic E-state index is 12.3. The third-order valence-corrected chi connectivity index (χ3v) is 2.60. The van der Waals surface area contributed by atoms with Crippen LogP contribution in [0.1, 0.15) is 0 Å². The van der Waals surface area contributed by atoms with E-state index >= 15 is 0 Å². The largest absolute Gasteiger partial charge is 0.385 e. The van der Waals surface area contributed by atoms with E-state index in [4.69, 9.17) is 5.11 Å². The van der Waals surface area contributed by atoms with Crippen molar-refractivity contribution in [2.24, 2.45) is 0 Å². The molecule has 19 heavy (non-hydrogen) atoms. The van der Waals surface area contributed by atoms with Crippen LogP contribution in [0.15, 0.2) is 24.3 Å². The van der Waals surface area contributed by atoms with E-state index in [1.807, 2.05) is 6.07 Å². The van der Waals surface area contributed by atoms with E-state index in [-0.39, 0.29) is 6.54 Å². The predicted octanol–water partition coefficient (Wildman–Crippen LogP) is 1.71. The van der Waals surface area contributed by atoms with Crippen LogP contribution in [0.5, 0.6) is 0 Å². The number of anilines is 2. The van der Waals surface area contributed by atoms with Crippen molar-refractivity contribution in [2.75, 3.05) is 24.2 Å². The number of halogens is 2. The number of benzene rings is 1. The van der Waals surface area contributed by atoms with E-state index in [0.717, 1.165) is 0 Å². The molecule has 0 aliphatic rings. The molecule has 102 valence electrons. The lowest BCUT2D eigenvalue weighted by Gasteiger charge is -2.13. The van der Waals surface area contributed by atoms with E-state index in [0.29, 0.717) is 22.7 Å². The van der Waals surface area contributed by atoms with Crippen molar-refractivity contribution < 1.29 is 13.9 Å². The Hall–Kier alpha value is -2.02. The van der Waals surface area contributed by atoms with Crippen LogP contribution in [-0.2, 0) is 0 Å². The van der Waals surface area contributed by atoms with Crippen LogP contribution in [0, 0.1) is 0 Å². The second-order valence-electron chi connectivity index (χ2n) is 3.95. The van der Waals surface area contributed by atoms with Gasteiger partial charge in [-0.1, -0.05) is 12.1 Å². The van der Waals surface area contributed by atoms with Crippen LogP contribution >= 0.6 is 0 Å². The summed E-state index contributed by atoms with van der Waals surface area (Å²) in [6, 6.07) is 7.21. The Morgan fingerprint density at radius 1 is 1.26 bits per heavy atom. The molecular weight excluding hydrogens is 254 g/mol. The molecule has 2 aromatic rings. The number of aliphatic hydroxyl groups excluding tert-OH is 1. The summed E-state index contributed by atoms with van der Waals surface area (Å²) in [5.74, 6) is 0.794. The van der Waals surface area contributed by atoms with Gasteiger partial charge in [-0.25, -0.2) is 13.8 Å². The lowest BCUT2D eigenvalue weighted by molar-refractivity contribution is 0.00382. The molecular formula is C12H14F2N4O. The van der Waals surface area contributed by atoms with Crippen molar-refractivity contribution in [3.8, 4) is 0 Å². The number of aliphatic hydroxyl groups is 1. The fraction of sp³-hybridized carbons (Fsp3) is 0.333. The monoisotopic (exact) mass is 268 g/mol. The van der Waals surface area contributed by atoms with Gasteiger partial charge in [0.15, 0.2) is 0 Å². The zero-order valence-corrected chi connectivity index (χ0v) is 10.3. The van der Waals surface area contributed by atoms with Crippen molar-refractivity contribution in [3.63, 3.8) is 0 Å². The highest BCUT2D eigenvalue weighted by atomic mass is 19.3. The summed E-state index contributed by atoms with van der Waals surface area (Å²) < 4.78 is 24.5. The van der Waals surface area contributed by atoms with Gasteiger partial charge in [0.1, 0.15) is 11.9 Å². The van der Waals surface area contributed by atoms with Crippen LogP contribution in [0.4, 0.5) is 20.5 Å². The molecule has 1 aromatic carbocycles. The maximum atomic E-state index is 12.3. The summed E-state index contributed by atoms with van der Waals surface area (Å²) in [5, 5.41) is 15.3. The zero-order valence-electron chi connectivity index (χ0n) is 10.3. The SMILES string of the molecule is CNc1nc(NCC(O)C(F)F)c2ccccc2n1. The van der Waals surface area contributed by atoms with Gasteiger partial charge in [-0.2, -0.15) is 4.98 Å². The Morgan fingerprint density at radius 3 is 2.68 bits per heavy atom. The summed E-state index contributed by atoms with van der Waals surface area (Å²) in [6.45, 7) is -0.276. The van der Waals surface area contributed by atoms with Gasteiger partial charge in [-0.15, -0.1) is 0 Å². The molecule has 0 saturated heterocycles. The van der Waals surface area contributed by atoms with E-state index in [2.05, 4.69) is 20.6 Å². The van der Waals surface area contributed by atoms with Crippen molar-refractivity contribution in [3.05, 3.63) is 24.3 Å². The average molecular weight is 268 g/mol. The normalized spacial score (nSPS) is 12.7. The quantitative estimate of drug-likeness (QED) is 0.770. The van der Waals surface area contributed by atoms with E-state index in [1.165, 1.54) is 0 Å². The molecule has 0 amide bonds. The summed E-state index contributed by atoms with van der Waals surface area (Å²) in [7, 11) is 1.67. The van der Waals surface area contributed by atoms with E-state index in [1.54, 1.807) is 25.2 Å². The van der Waals surface area contributed by atoms with Gasteiger partial charge in [0.25, 0.3) is 6.43 Å². The number of fused-ring (bicyclic) bond motifs is 1. The number of nitrogens with zero attached hydrogens (tertiary/aromatic N) is 2. The first-order chi connectivity index (χ1) is 9.11. The van der Waals surface area contributed by atoms with Crippen LogP contribution in [0.3, 0.4) is 0 Å². The smallest absolute Gasteiger partial charge is 0.265 e. The Balaban J connectivity index is 2.30. The minimum absolute atomic E-state index is 0.276. The minimum Gasteiger partial charge on any atom is -0.385 e. The predicted molar refractivity (Wildman–Crippen MR) is 69.6 cm³/mol. The standard InChI is InChI=1S/C12H14F2N4O/c1-15-12-17-8-5-3-2-4-7(8)11(18-12)16-6-9(19)10(13)14/h2-5,9-10,19H,6H2,1H3,(H2,15,16,17,18). The number of alkyl halides is 2. The number of para-hydroxylation sites is 1. The van der Waals surface area contributed by atoms with Crippen LogP contribution in [0.2, 0.25) is 0 Å². The highest BCUT2D eigenvalue weighted by molar-refractivity contribution is 5.89. The molecule has 3 N–H and O–H groups in total. The van der Waals surface area contributed by atoms with E-state index in [9.17, 15) is 8.78 Å². The second-order valence-corrected chi connectivity index (χ2v) is 3.95. The molecule has 0 aliphatic heterocycles. The molecule has 0 aliphatic carbocycles. The van der Waals surface area contributed by atoms with E-state index < -0.39 is 12.5 Å². The molecule has 1 heterocycles. The molecule has 0 saturated carbocycles. The molecule has 0 bridgehead atoms. The number of rotatable bonds is 5. The molecule has 1 unspecified atom stereocenters. The average Bonchev–Trinajstić information content (AvgIpc) is 2.43. The van der Waals surface area contributed by atoms with Crippen molar-refractivity contribution in [2.45, 2.75) is 12.5 Å². The molecule has 1 aromatic heterocycles. The van der Waals surface area contributed by atoms with Crippen molar-refractivity contribution >= 4 is 22.7 Å². The Kier molecular flexibility index (Phi) is 4.06. The number of hydrogen-bond acceptors (Lipinski definition) is 5. The minimum atomic E-state index is -2.79. The second kappa shape index (κ2) is 5.75. The van der Waals surface area contributed by atoms with Gasteiger partial charge in [0.2, 0.25) is 5.95 Å². The fourth-order valence-corrected chi connectivity index (χ4v) is 1.61. The first-order valence-electron chi connectivity index (χ1n) is 5.76. The Morgan fingerprint density at radius 2 is 2.00 bits per heavy atom. The first kappa shape index (κ1) is 13.4. The Labute approximate surface area is 108 Å². The van der Waals surface area contributed by atoms with Crippen LogP contribution < -0.4 is 10.6 Å². The van der Waals surface area contributed by atoms with Crippen molar-refractivity contribution in [1.82, 2.24) is 9.97 Å². The highest BCUT2D eigenvalue weighted by Crippen LogP contribution is 2.21. The first-order valence-corrected chi connectivity index (χ1v) is 5.76. The molecule has 0 spiro atoms. The van der Waals surface area contributed by atoms with Gasteiger partial charge < -0.3 is 15.7 Å². The topological polar surface area (TPSA) is 70.1 Å². The lowest BCUT2D eigenvalue weighted by atomic mass is 10.2. The van der Waals surface area contributed by atoms with Gasteiger partial charge in [-0.05, 0) is 12.1 Å². The lowest BCUT2D eigenvalue weighted by Crippen LogP contribution is -2.27. The zero-order chi connectivity index (χ0) is 13.8.